The molecule has 3 atom stereocenters. The summed E-state index contributed by atoms with van der Waals surface area (Å²) in [5, 5.41) is 12.6. The van der Waals surface area contributed by atoms with Crippen LogP contribution in [0.25, 0.3) is 0 Å². The maximum atomic E-state index is 9.13. The molecule has 3 nitrogen and oxygen atoms in total. The van der Waals surface area contributed by atoms with Gasteiger partial charge >= 0.3 is 0 Å². The lowest BCUT2D eigenvalue weighted by molar-refractivity contribution is 0.0725. The molecule has 0 saturated heterocycles. The lowest BCUT2D eigenvalue weighted by atomic mass is 9.96. The van der Waals surface area contributed by atoms with Crippen LogP contribution in [-0.2, 0) is 4.74 Å². The fourth-order valence-corrected chi connectivity index (χ4v) is 2.37. The molecule has 1 aliphatic carbocycles. The van der Waals surface area contributed by atoms with E-state index in [2.05, 4.69) is 18.3 Å². The first-order valence-corrected chi connectivity index (χ1v) is 6.52. The van der Waals surface area contributed by atoms with Gasteiger partial charge in [-0.05, 0) is 26.7 Å². The first-order chi connectivity index (χ1) is 7.77. The van der Waals surface area contributed by atoms with Crippen molar-refractivity contribution in [3.05, 3.63) is 0 Å². The minimum atomic E-state index is 0.191. The standard InChI is InChI=1S/C13H24N2O/c1-3-16-11(2)10-15-13-8-6-4-5-7-12(13)9-14/h11-13,15H,3-8,10H2,1-2H3. The summed E-state index contributed by atoms with van der Waals surface area (Å²) in [5.41, 5.74) is 0. The van der Waals surface area contributed by atoms with Gasteiger partial charge in [-0.2, -0.15) is 5.26 Å². The fraction of sp³-hybridized carbons (Fsp3) is 0.923. The summed E-state index contributed by atoms with van der Waals surface area (Å²) in [4.78, 5) is 0. The molecule has 0 bridgehead atoms. The Labute approximate surface area is 99.2 Å². The maximum absolute atomic E-state index is 9.13. The second kappa shape index (κ2) is 7.65. The van der Waals surface area contributed by atoms with E-state index in [0.717, 1.165) is 26.0 Å². The Kier molecular flexibility index (Phi) is 6.44. The van der Waals surface area contributed by atoms with Gasteiger partial charge in [-0.25, -0.2) is 0 Å². The Morgan fingerprint density at radius 1 is 1.38 bits per heavy atom. The topological polar surface area (TPSA) is 45.0 Å². The summed E-state index contributed by atoms with van der Waals surface area (Å²) in [7, 11) is 0. The Bertz CT molecular complexity index is 224. The Balaban J connectivity index is 2.34. The highest BCUT2D eigenvalue weighted by Crippen LogP contribution is 2.22. The SMILES string of the molecule is CCOC(C)CNC1CCCCCC1C#N. The second-order valence-corrected chi connectivity index (χ2v) is 4.65. The van der Waals surface area contributed by atoms with Gasteiger partial charge in [0.25, 0.3) is 0 Å². The summed E-state index contributed by atoms with van der Waals surface area (Å²) in [5.74, 6) is 0.191. The molecule has 1 saturated carbocycles. The molecule has 1 N–H and O–H groups in total. The molecule has 0 aromatic heterocycles. The second-order valence-electron chi connectivity index (χ2n) is 4.65. The average Bonchev–Trinajstić information content (AvgIpc) is 2.51. The normalized spacial score (nSPS) is 28.1. The third-order valence-electron chi connectivity index (χ3n) is 3.30. The smallest absolute Gasteiger partial charge is 0.0672 e. The van der Waals surface area contributed by atoms with Crippen LogP contribution in [0, 0.1) is 17.2 Å². The molecule has 1 aliphatic rings. The van der Waals surface area contributed by atoms with Gasteiger partial charge in [-0.3, -0.25) is 0 Å². The number of rotatable bonds is 5. The monoisotopic (exact) mass is 224 g/mol. The summed E-state index contributed by atoms with van der Waals surface area (Å²) in [6.07, 6.45) is 6.16. The summed E-state index contributed by atoms with van der Waals surface area (Å²) < 4.78 is 5.49. The molecule has 0 aromatic rings. The third-order valence-corrected chi connectivity index (χ3v) is 3.30. The molecule has 0 amide bonds. The molecule has 0 radical (unpaired) electrons. The van der Waals surface area contributed by atoms with Crippen LogP contribution in [0.1, 0.15) is 46.0 Å². The molecule has 3 heteroatoms. The van der Waals surface area contributed by atoms with Crippen LogP contribution in [0.2, 0.25) is 0 Å². The molecule has 0 aromatic carbocycles. The maximum Gasteiger partial charge on any atom is 0.0672 e. The lowest BCUT2D eigenvalue weighted by Gasteiger charge is -2.23. The van der Waals surface area contributed by atoms with Crippen molar-refractivity contribution in [2.45, 2.75) is 58.1 Å². The molecule has 16 heavy (non-hydrogen) atoms. The minimum Gasteiger partial charge on any atom is -0.377 e. The van der Waals surface area contributed by atoms with Crippen molar-refractivity contribution in [2.24, 2.45) is 5.92 Å². The summed E-state index contributed by atoms with van der Waals surface area (Å²) in [6, 6.07) is 2.82. The highest BCUT2D eigenvalue weighted by Gasteiger charge is 2.23. The van der Waals surface area contributed by atoms with Crippen molar-refractivity contribution in [2.75, 3.05) is 13.2 Å². The Morgan fingerprint density at radius 2 is 2.12 bits per heavy atom. The van der Waals surface area contributed by atoms with Gasteiger partial charge < -0.3 is 10.1 Å². The number of nitrogens with zero attached hydrogens (tertiary/aromatic N) is 1. The van der Waals surface area contributed by atoms with Crippen LogP contribution in [-0.4, -0.2) is 25.3 Å². The predicted molar refractivity (Wildman–Crippen MR) is 65.1 cm³/mol. The largest absolute Gasteiger partial charge is 0.377 e. The minimum absolute atomic E-state index is 0.191. The van der Waals surface area contributed by atoms with Crippen LogP contribution in [0.15, 0.2) is 0 Å². The first kappa shape index (κ1) is 13.5. The van der Waals surface area contributed by atoms with Crippen LogP contribution < -0.4 is 5.32 Å². The van der Waals surface area contributed by atoms with Crippen molar-refractivity contribution >= 4 is 0 Å². The molecule has 1 fully saturated rings. The van der Waals surface area contributed by atoms with Crippen molar-refractivity contribution in [1.82, 2.24) is 5.32 Å². The summed E-state index contributed by atoms with van der Waals surface area (Å²) >= 11 is 0. The van der Waals surface area contributed by atoms with E-state index in [0.29, 0.717) is 6.04 Å². The number of nitrogens with one attached hydrogen (secondary N) is 1. The lowest BCUT2D eigenvalue weighted by Crippen LogP contribution is -2.39. The van der Waals surface area contributed by atoms with E-state index in [9.17, 15) is 0 Å². The molecule has 92 valence electrons. The molecule has 0 heterocycles. The highest BCUT2D eigenvalue weighted by molar-refractivity contribution is 4.93. The molecule has 0 aliphatic heterocycles. The number of nitriles is 1. The predicted octanol–water partition coefficient (Wildman–Crippen LogP) is 2.47. The van der Waals surface area contributed by atoms with Crippen molar-refractivity contribution in [3.63, 3.8) is 0 Å². The van der Waals surface area contributed by atoms with E-state index >= 15 is 0 Å². The van der Waals surface area contributed by atoms with Crippen LogP contribution >= 0.6 is 0 Å². The van der Waals surface area contributed by atoms with Gasteiger partial charge in [0.05, 0.1) is 18.1 Å². The molecule has 3 unspecified atom stereocenters. The van der Waals surface area contributed by atoms with Gasteiger partial charge in [0.2, 0.25) is 0 Å². The number of hydrogen-bond donors (Lipinski definition) is 1. The van der Waals surface area contributed by atoms with Crippen molar-refractivity contribution in [3.8, 4) is 6.07 Å². The van der Waals surface area contributed by atoms with Gasteiger partial charge in [0.15, 0.2) is 0 Å². The Hall–Kier alpha value is -0.590. The van der Waals surface area contributed by atoms with E-state index in [1.807, 2.05) is 6.92 Å². The molecular formula is C13H24N2O. The molecule has 1 rings (SSSR count). The number of hydrogen-bond acceptors (Lipinski definition) is 3. The van der Waals surface area contributed by atoms with Crippen LogP contribution in [0.5, 0.6) is 0 Å². The van der Waals surface area contributed by atoms with Crippen molar-refractivity contribution < 1.29 is 4.74 Å². The van der Waals surface area contributed by atoms with Gasteiger partial charge in [0.1, 0.15) is 0 Å². The first-order valence-electron chi connectivity index (χ1n) is 6.52. The zero-order chi connectivity index (χ0) is 11.8. The zero-order valence-electron chi connectivity index (χ0n) is 10.5. The molecule has 0 spiro atoms. The van der Waals surface area contributed by atoms with E-state index in [4.69, 9.17) is 10.00 Å². The average molecular weight is 224 g/mol. The van der Waals surface area contributed by atoms with Crippen molar-refractivity contribution in [1.29, 1.82) is 5.26 Å². The van der Waals surface area contributed by atoms with Crippen LogP contribution in [0.4, 0.5) is 0 Å². The quantitative estimate of drug-likeness (QED) is 0.730. The van der Waals surface area contributed by atoms with Crippen LogP contribution in [0.3, 0.4) is 0 Å². The van der Waals surface area contributed by atoms with E-state index in [1.54, 1.807) is 0 Å². The van der Waals surface area contributed by atoms with E-state index < -0.39 is 0 Å². The fourth-order valence-electron chi connectivity index (χ4n) is 2.37. The van der Waals surface area contributed by atoms with Gasteiger partial charge in [-0.15, -0.1) is 0 Å². The number of ether oxygens (including phenoxy) is 1. The molecular weight excluding hydrogens is 200 g/mol. The third kappa shape index (κ3) is 4.51. The summed E-state index contributed by atoms with van der Waals surface area (Å²) in [6.45, 7) is 5.71. The van der Waals surface area contributed by atoms with Gasteiger partial charge in [-0.1, -0.05) is 19.3 Å². The van der Waals surface area contributed by atoms with E-state index in [-0.39, 0.29) is 12.0 Å². The highest BCUT2D eigenvalue weighted by atomic mass is 16.5. The Morgan fingerprint density at radius 3 is 2.81 bits per heavy atom. The van der Waals surface area contributed by atoms with E-state index in [1.165, 1.54) is 19.3 Å². The zero-order valence-corrected chi connectivity index (χ0v) is 10.5. The van der Waals surface area contributed by atoms with Gasteiger partial charge in [0, 0.05) is 19.2 Å².